The number of rotatable bonds is 4. The van der Waals surface area contributed by atoms with Crippen molar-refractivity contribution in [2.75, 3.05) is 6.61 Å². The van der Waals surface area contributed by atoms with Crippen LogP contribution in [0.2, 0.25) is 0 Å². The van der Waals surface area contributed by atoms with Crippen LogP contribution in [0.1, 0.15) is 36.9 Å². The summed E-state index contributed by atoms with van der Waals surface area (Å²) in [6.45, 7) is 2.87. The van der Waals surface area contributed by atoms with Crippen molar-refractivity contribution in [2.45, 2.75) is 44.6 Å². The van der Waals surface area contributed by atoms with E-state index >= 15 is 0 Å². The van der Waals surface area contributed by atoms with Gasteiger partial charge in [-0.25, -0.2) is 0 Å². The standard InChI is InChI=1S/C22H24N2O3/c1-16(18-11-6-3-7-12-18)24-19-13-8-14-27-22(21(24)26)23(20(19)25)15-17-9-4-2-5-10-17/h2-7,9-12,16,19,22H,8,13-15H2,1H3/t16-,19-,22-/m0/s1. The first-order chi connectivity index (χ1) is 13.2. The van der Waals surface area contributed by atoms with E-state index in [2.05, 4.69) is 0 Å². The van der Waals surface area contributed by atoms with E-state index in [1.54, 1.807) is 9.80 Å². The summed E-state index contributed by atoms with van der Waals surface area (Å²) >= 11 is 0. The van der Waals surface area contributed by atoms with Gasteiger partial charge in [0.05, 0.1) is 6.04 Å². The molecule has 3 atom stereocenters. The minimum absolute atomic E-state index is 0.0223. The minimum Gasteiger partial charge on any atom is -0.349 e. The van der Waals surface area contributed by atoms with Crippen molar-refractivity contribution in [1.29, 1.82) is 0 Å². The molecule has 0 aliphatic carbocycles. The van der Waals surface area contributed by atoms with E-state index in [0.717, 1.165) is 17.5 Å². The molecule has 2 aromatic carbocycles. The topological polar surface area (TPSA) is 49.9 Å². The first-order valence-corrected chi connectivity index (χ1v) is 9.50. The fourth-order valence-corrected chi connectivity index (χ4v) is 4.03. The van der Waals surface area contributed by atoms with Crippen LogP contribution in [0.4, 0.5) is 0 Å². The van der Waals surface area contributed by atoms with Crippen molar-refractivity contribution in [3.8, 4) is 0 Å². The maximum absolute atomic E-state index is 13.3. The molecular formula is C22H24N2O3. The van der Waals surface area contributed by atoms with Crippen LogP contribution in [0.15, 0.2) is 60.7 Å². The van der Waals surface area contributed by atoms with Gasteiger partial charge in [-0.2, -0.15) is 0 Å². The molecule has 2 amide bonds. The van der Waals surface area contributed by atoms with Gasteiger partial charge in [0.25, 0.3) is 5.91 Å². The summed E-state index contributed by atoms with van der Waals surface area (Å²) in [6.07, 6.45) is 0.553. The predicted octanol–water partition coefficient (Wildman–Crippen LogP) is 3.12. The molecule has 2 aromatic rings. The zero-order chi connectivity index (χ0) is 18.8. The maximum atomic E-state index is 13.3. The van der Waals surface area contributed by atoms with Crippen molar-refractivity contribution in [1.82, 2.24) is 9.80 Å². The van der Waals surface area contributed by atoms with Gasteiger partial charge in [0.15, 0.2) is 0 Å². The van der Waals surface area contributed by atoms with Crippen molar-refractivity contribution in [3.05, 3.63) is 71.8 Å². The van der Waals surface area contributed by atoms with Gasteiger partial charge in [-0.15, -0.1) is 0 Å². The summed E-state index contributed by atoms with van der Waals surface area (Å²) in [7, 11) is 0. The Hall–Kier alpha value is -2.66. The quantitative estimate of drug-likeness (QED) is 0.838. The van der Waals surface area contributed by atoms with Gasteiger partial charge >= 0.3 is 0 Å². The monoisotopic (exact) mass is 364 g/mol. The molecule has 0 radical (unpaired) electrons. The third kappa shape index (κ3) is 3.35. The van der Waals surface area contributed by atoms with Gasteiger partial charge in [0.2, 0.25) is 12.1 Å². The highest BCUT2D eigenvalue weighted by molar-refractivity contribution is 5.96. The second-order valence-electron chi connectivity index (χ2n) is 7.17. The van der Waals surface area contributed by atoms with Gasteiger partial charge < -0.3 is 14.5 Å². The second-order valence-corrected chi connectivity index (χ2v) is 7.17. The summed E-state index contributed by atoms with van der Waals surface area (Å²) in [5, 5.41) is 0. The summed E-state index contributed by atoms with van der Waals surface area (Å²) < 4.78 is 5.87. The molecule has 0 N–H and O–H groups in total. The van der Waals surface area contributed by atoms with Crippen LogP contribution in [-0.2, 0) is 20.9 Å². The number of hydrogen-bond donors (Lipinski definition) is 0. The Kier molecular flexibility index (Phi) is 4.94. The zero-order valence-corrected chi connectivity index (χ0v) is 15.5. The molecule has 5 nitrogen and oxygen atoms in total. The van der Waals surface area contributed by atoms with E-state index in [-0.39, 0.29) is 17.9 Å². The molecule has 3 aliphatic heterocycles. The minimum atomic E-state index is -0.847. The van der Waals surface area contributed by atoms with E-state index in [1.807, 2.05) is 67.6 Å². The Balaban J connectivity index is 1.66. The van der Waals surface area contributed by atoms with Crippen LogP contribution in [0.25, 0.3) is 0 Å². The average molecular weight is 364 g/mol. The fourth-order valence-electron chi connectivity index (χ4n) is 4.03. The molecule has 3 saturated heterocycles. The van der Waals surface area contributed by atoms with Gasteiger partial charge in [-0.1, -0.05) is 60.7 Å². The van der Waals surface area contributed by atoms with Crippen molar-refractivity contribution in [2.24, 2.45) is 0 Å². The normalized spacial score (nSPS) is 23.9. The first-order valence-electron chi connectivity index (χ1n) is 9.50. The highest BCUT2D eigenvalue weighted by Gasteiger charge is 2.49. The van der Waals surface area contributed by atoms with Gasteiger partial charge in [0.1, 0.15) is 6.04 Å². The smallest absolute Gasteiger partial charge is 0.274 e. The van der Waals surface area contributed by atoms with Crippen LogP contribution >= 0.6 is 0 Å². The fraction of sp³-hybridized carbons (Fsp3) is 0.364. The van der Waals surface area contributed by atoms with Crippen LogP contribution in [-0.4, -0.2) is 40.5 Å². The molecule has 3 fully saturated rings. The van der Waals surface area contributed by atoms with E-state index in [4.69, 9.17) is 4.74 Å². The predicted molar refractivity (Wildman–Crippen MR) is 101 cm³/mol. The summed E-state index contributed by atoms with van der Waals surface area (Å²) in [6, 6.07) is 19.0. The molecule has 0 aromatic heterocycles. The lowest BCUT2D eigenvalue weighted by atomic mass is 9.97. The molecule has 27 heavy (non-hydrogen) atoms. The van der Waals surface area contributed by atoms with Gasteiger partial charge in [-0.3, -0.25) is 9.59 Å². The second kappa shape index (κ2) is 7.53. The molecule has 0 saturated carbocycles. The lowest BCUT2D eigenvalue weighted by Crippen LogP contribution is -2.66. The number of carbonyl (C=O) groups is 2. The molecule has 0 spiro atoms. The Morgan fingerprint density at radius 2 is 1.67 bits per heavy atom. The third-order valence-electron chi connectivity index (χ3n) is 5.45. The van der Waals surface area contributed by atoms with Crippen LogP contribution < -0.4 is 0 Å². The number of piperazine rings is 1. The zero-order valence-electron chi connectivity index (χ0n) is 15.5. The van der Waals surface area contributed by atoms with Gasteiger partial charge in [0, 0.05) is 13.2 Å². The van der Waals surface area contributed by atoms with E-state index < -0.39 is 12.3 Å². The van der Waals surface area contributed by atoms with E-state index in [1.165, 1.54) is 0 Å². The molecule has 5 heteroatoms. The van der Waals surface area contributed by atoms with Crippen molar-refractivity contribution < 1.29 is 14.3 Å². The number of nitrogens with zero attached hydrogens (tertiary/aromatic N) is 2. The average Bonchev–Trinajstić information content (AvgIpc) is 2.69. The largest absolute Gasteiger partial charge is 0.349 e. The summed E-state index contributed by atoms with van der Waals surface area (Å²) in [4.78, 5) is 30.0. The molecule has 3 heterocycles. The Bertz CT molecular complexity index is 809. The molecule has 5 rings (SSSR count). The van der Waals surface area contributed by atoms with Crippen LogP contribution in [0, 0.1) is 0 Å². The molecular weight excluding hydrogens is 340 g/mol. The molecule has 0 unspecified atom stereocenters. The van der Waals surface area contributed by atoms with Crippen molar-refractivity contribution >= 4 is 11.8 Å². The number of ether oxygens (including phenoxy) is 1. The third-order valence-corrected chi connectivity index (χ3v) is 5.45. The van der Waals surface area contributed by atoms with E-state index in [0.29, 0.717) is 19.6 Å². The number of amides is 2. The SMILES string of the molecule is C[C@@H](c1ccccc1)N1C(=O)[C@@H]2OCCC[C@H]1C(=O)N2Cc1ccccc1. The van der Waals surface area contributed by atoms with Gasteiger partial charge in [-0.05, 0) is 30.9 Å². The highest BCUT2D eigenvalue weighted by Crippen LogP contribution is 2.33. The number of benzene rings is 2. The summed E-state index contributed by atoms with van der Waals surface area (Å²) in [5.41, 5.74) is 2.02. The lowest BCUT2D eigenvalue weighted by molar-refractivity contribution is -0.192. The summed E-state index contributed by atoms with van der Waals surface area (Å²) in [5.74, 6) is -0.141. The number of fused-ring (bicyclic) bond motifs is 5. The molecule has 140 valence electrons. The number of hydrogen-bond acceptors (Lipinski definition) is 3. The molecule has 2 bridgehead atoms. The van der Waals surface area contributed by atoms with Crippen molar-refractivity contribution in [3.63, 3.8) is 0 Å². The van der Waals surface area contributed by atoms with Crippen LogP contribution in [0.3, 0.4) is 0 Å². The van der Waals surface area contributed by atoms with E-state index in [9.17, 15) is 9.59 Å². The highest BCUT2D eigenvalue weighted by atomic mass is 16.5. The Labute approximate surface area is 159 Å². The lowest BCUT2D eigenvalue weighted by Gasteiger charge is -2.48. The Morgan fingerprint density at radius 3 is 2.37 bits per heavy atom. The maximum Gasteiger partial charge on any atom is 0.274 e. The van der Waals surface area contributed by atoms with Crippen LogP contribution in [0.5, 0.6) is 0 Å². The Morgan fingerprint density at radius 1 is 1.00 bits per heavy atom. The number of carbonyl (C=O) groups excluding carboxylic acids is 2. The molecule has 3 aliphatic rings. The first kappa shape index (κ1) is 17.7.